The van der Waals surface area contributed by atoms with Gasteiger partial charge in [0.25, 0.3) is 5.82 Å². The highest BCUT2D eigenvalue weighted by molar-refractivity contribution is 5.85. The van der Waals surface area contributed by atoms with Crippen LogP contribution in [0.25, 0.3) is 0 Å². The summed E-state index contributed by atoms with van der Waals surface area (Å²) in [6.07, 6.45) is -1.39. The van der Waals surface area contributed by atoms with Crippen molar-refractivity contribution in [3.63, 3.8) is 0 Å². The van der Waals surface area contributed by atoms with Crippen LogP contribution in [0.5, 0.6) is 0 Å². The van der Waals surface area contributed by atoms with Crippen molar-refractivity contribution in [1.29, 1.82) is 0 Å². The summed E-state index contributed by atoms with van der Waals surface area (Å²) in [7, 11) is 0. The minimum absolute atomic E-state index is 0. The molecule has 2 atom stereocenters. The molecular weight excluding hydrogens is 436 g/mol. The highest BCUT2D eigenvalue weighted by atomic mass is 35.5. The molecule has 0 spiro atoms. The maximum absolute atomic E-state index is 12.6. The Morgan fingerprint density at radius 3 is 2.52 bits per heavy atom. The summed E-state index contributed by atoms with van der Waals surface area (Å²) in [6, 6.07) is 0.357. The van der Waals surface area contributed by atoms with Gasteiger partial charge < -0.3 is 15.8 Å². The summed E-state index contributed by atoms with van der Waals surface area (Å²) >= 11 is 0. The fourth-order valence-electron chi connectivity index (χ4n) is 3.64. The molecule has 0 unspecified atom stereocenters. The average Bonchev–Trinajstić information content (AvgIpc) is 3.04. The van der Waals surface area contributed by atoms with E-state index in [1.165, 1.54) is 0 Å². The van der Waals surface area contributed by atoms with E-state index in [9.17, 15) is 18.0 Å². The first-order chi connectivity index (χ1) is 12.8. The Morgan fingerprint density at radius 1 is 1.21 bits per heavy atom. The molecule has 13 heteroatoms. The Labute approximate surface area is 179 Å². The molecule has 1 amide bonds. The number of aromatic amines is 1. The summed E-state index contributed by atoms with van der Waals surface area (Å²) in [6.45, 7) is 2.63. The monoisotopic (exact) mass is 462 g/mol. The number of ether oxygens (including phenoxy) is 1. The number of nitrogens with one attached hydrogen (secondary N) is 2. The first-order valence-corrected chi connectivity index (χ1v) is 9.16. The van der Waals surface area contributed by atoms with E-state index in [1.807, 2.05) is 0 Å². The molecule has 0 aromatic carbocycles. The van der Waals surface area contributed by atoms with Crippen molar-refractivity contribution in [3.05, 3.63) is 11.6 Å². The minimum atomic E-state index is -4.61. The number of amides is 1. The fraction of sp³-hybridized carbons (Fsp3) is 0.812. The lowest BCUT2D eigenvalue weighted by atomic mass is 10.0. The third kappa shape index (κ3) is 7.25. The first-order valence-electron chi connectivity index (χ1n) is 9.16. The van der Waals surface area contributed by atoms with Gasteiger partial charge in [0, 0.05) is 38.4 Å². The van der Waals surface area contributed by atoms with Crippen LogP contribution in [-0.4, -0.2) is 64.4 Å². The summed E-state index contributed by atoms with van der Waals surface area (Å²) < 4.78 is 43.0. The van der Waals surface area contributed by atoms with Gasteiger partial charge in [0.1, 0.15) is 5.82 Å². The van der Waals surface area contributed by atoms with Gasteiger partial charge in [-0.1, -0.05) is 0 Å². The number of aromatic nitrogens is 3. The highest BCUT2D eigenvalue weighted by Gasteiger charge is 2.36. The molecule has 2 aliphatic rings. The number of hydrogen-bond acceptors (Lipinski definition) is 6. The number of likely N-dealkylation sites (tertiary alicyclic amines) is 1. The Bertz CT molecular complexity index is 642. The summed E-state index contributed by atoms with van der Waals surface area (Å²) in [5, 5.41) is 8.00. The zero-order valence-corrected chi connectivity index (χ0v) is 17.4. The zero-order chi connectivity index (χ0) is 19.4. The molecule has 4 N–H and O–H groups in total. The van der Waals surface area contributed by atoms with Gasteiger partial charge in [-0.15, -0.1) is 29.9 Å². The Morgan fingerprint density at radius 2 is 1.90 bits per heavy atom. The number of H-pyrrole nitrogens is 1. The van der Waals surface area contributed by atoms with E-state index in [2.05, 4.69) is 25.4 Å². The minimum Gasteiger partial charge on any atom is -0.381 e. The van der Waals surface area contributed by atoms with Crippen LogP contribution in [0.3, 0.4) is 0 Å². The lowest BCUT2D eigenvalue weighted by Crippen LogP contribution is -2.47. The quantitative estimate of drug-likeness (QED) is 0.625. The van der Waals surface area contributed by atoms with Crippen LogP contribution < -0.4 is 11.1 Å². The molecule has 3 rings (SSSR count). The van der Waals surface area contributed by atoms with E-state index in [4.69, 9.17) is 10.5 Å². The molecule has 8 nitrogen and oxygen atoms in total. The second-order valence-corrected chi connectivity index (χ2v) is 7.15. The number of halogens is 5. The van der Waals surface area contributed by atoms with Gasteiger partial charge in [-0.25, -0.2) is 4.98 Å². The molecule has 0 saturated carbocycles. The lowest BCUT2D eigenvalue weighted by Gasteiger charge is -2.35. The van der Waals surface area contributed by atoms with Crippen molar-refractivity contribution in [3.8, 4) is 0 Å². The molecular formula is C16H27Cl2F3N6O2. The third-order valence-corrected chi connectivity index (χ3v) is 5.10. The molecule has 168 valence electrons. The van der Waals surface area contributed by atoms with Gasteiger partial charge in [0.05, 0.1) is 12.5 Å². The normalized spacial score (nSPS) is 24.1. The van der Waals surface area contributed by atoms with Crippen LogP contribution in [0.2, 0.25) is 0 Å². The van der Waals surface area contributed by atoms with Gasteiger partial charge in [-0.2, -0.15) is 13.2 Å². The standard InChI is InChI=1S/C16H25F3N6O2.2ClH/c17-16(18,19)15-22-13(23-24-15)7-21-14(26)10-1-2-11(20)9-25(8-10)12-3-5-27-6-4-12;;/h10-12H,1-9,20H2,(H,21,26)(H,22,23,24);2*1H/t10-,11+;;/m1../s1. The van der Waals surface area contributed by atoms with Gasteiger partial charge >= 0.3 is 6.18 Å². The number of alkyl halides is 3. The molecule has 0 radical (unpaired) electrons. The SMILES string of the molecule is Cl.Cl.N[C@H]1CC[C@@H](C(=O)NCc2nc(C(F)(F)F)n[nH]2)CN(C2CCOCC2)C1. The van der Waals surface area contributed by atoms with Crippen LogP contribution in [0.1, 0.15) is 37.3 Å². The van der Waals surface area contributed by atoms with Crippen molar-refractivity contribution >= 4 is 30.7 Å². The fourth-order valence-corrected chi connectivity index (χ4v) is 3.64. The van der Waals surface area contributed by atoms with Crippen molar-refractivity contribution < 1.29 is 22.7 Å². The average molecular weight is 463 g/mol. The number of nitrogens with zero attached hydrogens (tertiary/aromatic N) is 3. The number of carbonyl (C=O) groups excluding carboxylic acids is 1. The number of rotatable bonds is 4. The van der Waals surface area contributed by atoms with Gasteiger partial charge in [0.2, 0.25) is 5.91 Å². The van der Waals surface area contributed by atoms with Crippen LogP contribution >= 0.6 is 24.8 Å². The van der Waals surface area contributed by atoms with Crippen molar-refractivity contribution in [1.82, 2.24) is 25.4 Å². The molecule has 0 aliphatic carbocycles. The smallest absolute Gasteiger partial charge is 0.381 e. The molecule has 0 bridgehead atoms. The van der Waals surface area contributed by atoms with E-state index >= 15 is 0 Å². The topological polar surface area (TPSA) is 109 Å². The number of carbonyl (C=O) groups is 1. The predicted molar refractivity (Wildman–Crippen MR) is 104 cm³/mol. The Balaban J connectivity index is 0.00000210. The van der Waals surface area contributed by atoms with Gasteiger partial charge in [0.15, 0.2) is 0 Å². The van der Waals surface area contributed by atoms with E-state index in [1.54, 1.807) is 0 Å². The van der Waals surface area contributed by atoms with Crippen molar-refractivity contribution in [2.45, 2.75) is 50.5 Å². The second kappa shape index (κ2) is 11.3. The van der Waals surface area contributed by atoms with E-state index in [0.717, 1.165) is 25.8 Å². The Kier molecular flexibility index (Phi) is 10.1. The molecule has 2 fully saturated rings. The molecule has 29 heavy (non-hydrogen) atoms. The predicted octanol–water partition coefficient (Wildman–Crippen LogP) is 1.50. The molecule has 1 aromatic rings. The first kappa shape index (κ1) is 25.9. The maximum atomic E-state index is 12.6. The lowest BCUT2D eigenvalue weighted by molar-refractivity contribution is -0.144. The van der Waals surface area contributed by atoms with Gasteiger partial charge in [-0.3, -0.25) is 14.8 Å². The Hall–Kier alpha value is -1.14. The van der Waals surface area contributed by atoms with E-state index in [0.29, 0.717) is 32.2 Å². The van der Waals surface area contributed by atoms with Crippen LogP contribution in [0, 0.1) is 5.92 Å². The molecule has 2 aliphatic heterocycles. The molecule has 2 saturated heterocycles. The second-order valence-electron chi connectivity index (χ2n) is 7.15. The van der Waals surface area contributed by atoms with Crippen molar-refractivity contribution in [2.24, 2.45) is 11.7 Å². The van der Waals surface area contributed by atoms with Gasteiger partial charge in [-0.05, 0) is 25.7 Å². The van der Waals surface area contributed by atoms with Crippen molar-refractivity contribution in [2.75, 3.05) is 26.3 Å². The summed E-state index contributed by atoms with van der Waals surface area (Å²) in [5.74, 6) is -1.72. The summed E-state index contributed by atoms with van der Waals surface area (Å²) in [5.41, 5.74) is 6.17. The van der Waals surface area contributed by atoms with Crippen LogP contribution in [-0.2, 0) is 22.3 Å². The van der Waals surface area contributed by atoms with Crippen LogP contribution in [0.4, 0.5) is 13.2 Å². The molecule has 3 heterocycles. The number of nitrogens with two attached hydrogens (primary N) is 1. The molecule has 1 aromatic heterocycles. The zero-order valence-electron chi connectivity index (χ0n) is 15.8. The third-order valence-electron chi connectivity index (χ3n) is 5.10. The number of hydrogen-bond donors (Lipinski definition) is 3. The maximum Gasteiger partial charge on any atom is 0.453 e. The van der Waals surface area contributed by atoms with E-state index in [-0.39, 0.29) is 55.1 Å². The largest absolute Gasteiger partial charge is 0.453 e. The van der Waals surface area contributed by atoms with E-state index < -0.39 is 12.0 Å². The van der Waals surface area contributed by atoms with Crippen LogP contribution in [0.15, 0.2) is 0 Å². The summed E-state index contributed by atoms with van der Waals surface area (Å²) in [4.78, 5) is 18.2. The highest BCUT2D eigenvalue weighted by Crippen LogP contribution is 2.26.